The van der Waals surface area contributed by atoms with Crippen LogP contribution in [-0.2, 0) is 40.5 Å². The van der Waals surface area contributed by atoms with Crippen molar-refractivity contribution in [2.75, 3.05) is 38.3 Å². The molecule has 18 nitrogen and oxygen atoms in total. The second-order valence-electron chi connectivity index (χ2n) is 20.5. The molecule has 2 heterocycles. The van der Waals surface area contributed by atoms with Crippen LogP contribution in [0, 0.1) is 35.8 Å². The van der Waals surface area contributed by atoms with Crippen molar-refractivity contribution in [1.82, 2.24) is 0 Å². The molecule has 0 unspecified atom stereocenters. The van der Waals surface area contributed by atoms with Gasteiger partial charge in [-0.2, -0.15) is 4.58 Å². The molecule has 2 aliphatic rings. The maximum atomic E-state index is 12.4. The van der Waals surface area contributed by atoms with Gasteiger partial charge in [-0.05, 0) is 90.2 Å². The van der Waals surface area contributed by atoms with E-state index in [9.17, 15) is 46.1 Å². The van der Waals surface area contributed by atoms with E-state index in [0.29, 0.717) is 0 Å². The third kappa shape index (κ3) is 13.0. The summed E-state index contributed by atoms with van der Waals surface area (Å²) in [5.41, 5.74) is 5.85. The Balaban J connectivity index is 0.000000228. The Hall–Kier alpha value is -9.93. The predicted octanol–water partition coefficient (Wildman–Crippen LogP) is 10.1. The number of nitrogens with zero attached hydrogens (tertiary/aromatic N) is 5. The first-order valence-corrected chi connectivity index (χ1v) is 29.4. The number of fused-ring (bicyclic) bond motifs is 6. The lowest BCUT2D eigenvalue weighted by molar-refractivity contribution is -0.436. The Kier molecular flexibility index (Phi) is 18.5. The third-order valence-corrected chi connectivity index (χ3v) is 16.2. The molecule has 7 aromatic rings. The number of hydrogen-bond acceptors (Lipinski definition) is 15. The van der Waals surface area contributed by atoms with Gasteiger partial charge in [0.15, 0.2) is 5.71 Å². The van der Waals surface area contributed by atoms with E-state index in [1.807, 2.05) is 0 Å². The molecule has 0 radical (unpaired) electrons. The van der Waals surface area contributed by atoms with Crippen molar-refractivity contribution in [2.24, 2.45) is 0 Å². The number of nitriles is 2. The Morgan fingerprint density at radius 1 is 0.659 bits per heavy atom. The Morgan fingerprint density at radius 2 is 1.14 bits per heavy atom. The lowest BCUT2D eigenvalue weighted by Crippen LogP contribution is -2.28. The fourth-order valence-corrected chi connectivity index (χ4v) is 11.7. The number of carbonyl (C=O) groups is 2. The molecule has 0 amide bonds. The average Bonchev–Trinajstić information content (AvgIpc) is 1.72. The van der Waals surface area contributed by atoms with Gasteiger partial charge in [0, 0.05) is 45.3 Å². The van der Waals surface area contributed by atoms with Crippen LogP contribution in [0.25, 0.3) is 42.6 Å². The maximum absolute atomic E-state index is 12.4. The van der Waals surface area contributed by atoms with Crippen molar-refractivity contribution in [3.63, 3.8) is 0 Å². The molecule has 0 bridgehead atoms. The predicted molar refractivity (Wildman–Crippen MR) is 317 cm³/mol. The Morgan fingerprint density at radius 3 is 1.65 bits per heavy atom. The molecule has 20 heteroatoms. The van der Waals surface area contributed by atoms with Crippen LogP contribution in [0.15, 0.2) is 167 Å². The van der Waals surface area contributed by atoms with Gasteiger partial charge in [-0.25, -0.2) is 46.6 Å². The third-order valence-electron chi connectivity index (χ3n) is 14.5. The minimum Gasteiger partial charge on any atom is -0.744 e. The Labute approximate surface area is 492 Å². The van der Waals surface area contributed by atoms with Crippen molar-refractivity contribution in [2.45, 2.75) is 68.1 Å². The summed E-state index contributed by atoms with van der Waals surface area (Å²) in [6, 6.07) is 41.3. The van der Waals surface area contributed by atoms with Crippen molar-refractivity contribution >= 4 is 82.2 Å². The number of rotatable bonds is 17. The molecule has 9 rings (SSSR count). The van der Waals surface area contributed by atoms with E-state index in [1.54, 1.807) is 12.1 Å². The highest BCUT2D eigenvalue weighted by atomic mass is 32.2. The average molecular weight is 1180 g/mol. The molecule has 430 valence electrons. The number of nitrogens with one attached hydrogen (secondary N) is 1. The Bertz CT molecular complexity index is 4310. The number of ether oxygens (including phenoxy) is 4. The van der Waals surface area contributed by atoms with Crippen LogP contribution in [0.3, 0.4) is 0 Å². The summed E-state index contributed by atoms with van der Waals surface area (Å²) in [6.07, 6.45) is 9.27. The van der Waals surface area contributed by atoms with Gasteiger partial charge >= 0.3 is 11.9 Å². The summed E-state index contributed by atoms with van der Waals surface area (Å²) in [6.45, 7) is 25.5. The fourth-order valence-electron chi connectivity index (χ4n) is 10.4. The summed E-state index contributed by atoms with van der Waals surface area (Å²) in [5.74, 6) is -2.75. The maximum Gasteiger partial charge on any atom is 0.339 e. The molecular formula is C65H55N6O12S2-. The second kappa shape index (κ2) is 25.7. The van der Waals surface area contributed by atoms with E-state index < -0.39 is 90.9 Å². The molecule has 0 fully saturated rings. The first-order valence-electron chi connectivity index (χ1n) is 26.6. The van der Waals surface area contributed by atoms with Gasteiger partial charge in [-0.3, -0.25) is 0 Å². The van der Waals surface area contributed by atoms with Crippen molar-refractivity contribution in [1.29, 1.82) is 10.5 Å². The summed E-state index contributed by atoms with van der Waals surface area (Å²) < 4.78 is 92.5. The second-order valence-corrected chi connectivity index (χ2v) is 23.2. The summed E-state index contributed by atoms with van der Waals surface area (Å²) in [7, 11) is -9.99. The zero-order valence-corrected chi connectivity index (χ0v) is 48.5. The normalized spacial score (nSPS) is 15.0. The van der Waals surface area contributed by atoms with Gasteiger partial charge in [0.25, 0.3) is 11.4 Å². The topological polar surface area (TPSA) is 257 Å². The van der Waals surface area contributed by atoms with E-state index in [1.165, 1.54) is 92.6 Å². The molecule has 0 atom stereocenters. The first kappa shape index (κ1) is 61.1. The lowest BCUT2D eigenvalue weighted by Gasteiger charge is -2.21. The standard InChI is InChI=1S/C35H36N2.C30H20N4O12S2/c1-6-7-23-37-31(34(2,3)28-21-19-25-14-9-11-16-27(25)33(28)37)18-12-17-30-35(4,5)32-26-15-10-8-13-24(26)20-22-29(32)36-30;1-33-23(17-31)21-15-26(44-12-14-46-30(36)20-8-4-6-10-28(20)48(40,41)42)22(24(18-32)34-2)16-25(21)43-11-13-45-29(35)19-7-3-5-9-27(19)47(37,38)39/h8-22H,6-7,23H2,1-5H3;3-10,15-16H,11-14H2,(H,37,38,39)(H,40,41,42)/p-1/b;23-21-,24-22+. The number of benzene rings is 7. The minimum absolute atomic E-state index is 0.0557. The smallest absolute Gasteiger partial charge is 0.339 e. The van der Waals surface area contributed by atoms with Crippen LogP contribution in [-0.4, -0.2) is 81.1 Å². The molecule has 1 N–H and O–H groups in total. The zero-order chi connectivity index (χ0) is 61.3. The molecule has 7 aromatic carbocycles. The largest absolute Gasteiger partial charge is 0.744 e. The van der Waals surface area contributed by atoms with Crippen LogP contribution < -0.4 is 25.2 Å². The van der Waals surface area contributed by atoms with Gasteiger partial charge in [0.2, 0.25) is 5.69 Å². The highest BCUT2D eigenvalue weighted by Crippen LogP contribution is 2.47. The number of unbranched alkanes of at least 4 members (excludes halogenated alkanes) is 1. The minimum atomic E-state index is -4.99. The monoisotopic (exact) mass is 1180 g/mol. The molecule has 0 spiro atoms. The van der Waals surface area contributed by atoms with Crippen molar-refractivity contribution in [3.05, 3.63) is 213 Å². The summed E-state index contributed by atoms with van der Waals surface area (Å²) in [4.78, 5) is 29.5. The lowest BCUT2D eigenvalue weighted by atomic mass is 9.80. The van der Waals surface area contributed by atoms with E-state index in [-0.39, 0.29) is 32.8 Å². The highest BCUT2D eigenvalue weighted by Gasteiger charge is 2.45. The van der Waals surface area contributed by atoms with Crippen LogP contribution in [0.2, 0.25) is 0 Å². The SMILES string of the molecule is CCCC[N+]1=C(/C=C/C=C2\Nc3ccc4ccccc4c3C2(C)C)C(C)(C)c2ccc3ccccc3c21.[C-]#[N+]/C(C#N)=c1/cc(OCCOC(=O)c2ccccc2S(=O)(=O)[O-])/c(=C(\C#N)[N+]#[C-])cc1OCCOC(=O)c1ccccc1S(=O)(=O)[O-]. The number of allylic oxidation sites excluding steroid dienone is 4. The van der Waals surface area contributed by atoms with E-state index in [4.69, 9.17) is 32.1 Å². The summed E-state index contributed by atoms with van der Waals surface area (Å²) in [5, 5.41) is 27.7. The van der Waals surface area contributed by atoms with Crippen molar-refractivity contribution in [3.8, 4) is 23.6 Å². The van der Waals surface area contributed by atoms with E-state index in [2.05, 4.69) is 145 Å². The molecule has 85 heavy (non-hydrogen) atoms. The number of hydrogen-bond donors (Lipinski definition) is 1. The van der Waals surface area contributed by atoms with Crippen LogP contribution >= 0.6 is 0 Å². The van der Waals surface area contributed by atoms with E-state index in [0.717, 1.165) is 42.9 Å². The first-order chi connectivity index (χ1) is 40.6. The van der Waals surface area contributed by atoms with Gasteiger partial charge < -0.3 is 33.4 Å². The van der Waals surface area contributed by atoms with Crippen LogP contribution in [0.5, 0.6) is 11.5 Å². The van der Waals surface area contributed by atoms with Gasteiger partial charge in [0.1, 0.15) is 64.7 Å². The van der Waals surface area contributed by atoms with E-state index >= 15 is 0 Å². The van der Waals surface area contributed by atoms with Gasteiger partial charge in [0.05, 0.1) is 57.0 Å². The molecule has 0 saturated heterocycles. The highest BCUT2D eigenvalue weighted by molar-refractivity contribution is 7.86. The summed E-state index contributed by atoms with van der Waals surface area (Å²) >= 11 is 0. The molecular weight excluding hydrogens is 1120 g/mol. The van der Waals surface area contributed by atoms with Crippen LogP contribution in [0.4, 0.5) is 11.4 Å². The molecule has 2 aliphatic heterocycles. The van der Waals surface area contributed by atoms with Crippen LogP contribution in [0.1, 0.15) is 79.3 Å². The number of carbonyl (C=O) groups excluding carboxylic acids is 2. The van der Waals surface area contributed by atoms with Crippen molar-refractivity contribution < 1.29 is 59.1 Å². The molecule has 0 aliphatic carbocycles. The molecule has 0 aromatic heterocycles. The molecule has 0 saturated carbocycles. The van der Waals surface area contributed by atoms with Gasteiger partial charge in [-0.1, -0.05) is 118 Å². The quantitative estimate of drug-likeness (QED) is 0.0292. The number of anilines is 1. The zero-order valence-electron chi connectivity index (χ0n) is 46.8. The van der Waals surface area contributed by atoms with Gasteiger partial charge in [-0.15, -0.1) is 0 Å². The number of esters is 2. The fraction of sp³-hybridized carbons (Fsp3) is 0.215.